The van der Waals surface area contributed by atoms with E-state index in [0.717, 1.165) is 48.8 Å². The van der Waals surface area contributed by atoms with Gasteiger partial charge in [0.25, 0.3) is 0 Å². The van der Waals surface area contributed by atoms with Gasteiger partial charge in [0.2, 0.25) is 5.95 Å². The maximum absolute atomic E-state index is 5.67. The molecule has 3 aromatic rings. The molecule has 1 fully saturated rings. The molecular formula is C19H21N5O2. The summed E-state index contributed by atoms with van der Waals surface area (Å²) in [5, 5.41) is 10.4. The molecule has 0 saturated carbocycles. The Morgan fingerprint density at radius 1 is 1.12 bits per heavy atom. The summed E-state index contributed by atoms with van der Waals surface area (Å²) in [6, 6.07) is 13.8. The van der Waals surface area contributed by atoms with Gasteiger partial charge in [-0.2, -0.15) is 4.98 Å². The molecule has 7 heteroatoms. The molecular weight excluding hydrogens is 330 g/mol. The van der Waals surface area contributed by atoms with E-state index in [9.17, 15) is 0 Å². The lowest BCUT2D eigenvalue weighted by Crippen LogP contribution is -2.19. The molecule has 0 aliphatic carbocycles. The third-order valence-corrected chi connectivity index (χ3v) is 4.20. The van der Waals surface area contributed by atoms with E-state index in [4.69, 9.17) is 9.26 Å². The molecule has 0 amide bonds. The highest BCUT2D eigenvalue weighted by Gasteiger charge is 2.16. The number of ether oxygens (including phenoxy) is 1. The molecule has 2 N–H and O–H groups in total. The van der Waals surface area contributed by atoms with Gasteiger partial charge in [0.1, 0.15) is 11.6 Å². The monoisotopic (exact) mass is 351 g/mol. The van der Waals surface area contributed by atoms with Crippen LogP contribution in [0.25, 0.3) is 11.3 Å². The Morgan fingerprint density at radius 3 is 2.73 bits per heavy atom. The first kappa shape index (κ1) is 16.5. The highest BCUT2D eigenvalue weighted by molar-refractivity contribution is 5.65. The van der Waals surface area contributed by atoms with Crippen molar-refractivity contribution in [1.29, 1.82) is 0 Å². The lowest BCUT2D eigenvalue weighted by atomic mass is 10.1. The average Bonchev–Trinajstić information content (AvgIpc) is 3.32. The van der Waals surface area contributed by atoms with E-state index >= 15 is 0 Å². The van der Waals surface area contributed by atoms with Gasteiger partial charge in [-0.3, -0.25) is 0 Å². The van der Waals surface area contributed by atoms with E-state index in [1.54, 1.807) is 6.07 Å². The maximum atomic E-state index is 5.67. The van der Waals surface area contributed by atoms with Crippen LogP contribution >= 0.6 is 0 Å². The highest BCUT2D eigenvalue weighted by Crippen LogP contribution is 2.23. The molecule has 1 unspecified atom stereocenters. The quantitative estimate of drug-likeness (QED) is 0.699. The first-order chi connectivity index (χ1) is 12.8. The SMILES string of the molecule is Cc1cc(Nc2nc(NCC3CCCO3)cc(-c3ccccc3)n2)no1. The average molecular weight is 351 g/mol. The van der Waals surface area contributed by atoms with Gasteiger partial charge in [-0.25, -0.2) is 4.98 Å². The van der Waals surface area contributed by atoms with Crippen LogP contribution in [-0.2, 0) is 4.74 Å². The molecule has 4 rings (SSSR count). The molecule has 0 bridgehead atoms. The van der Waals surface area contributed by atoms with Crippen molar-refractivity contribution >= 4 is 17.6 Å². The van der Waals surface area contributed by atoms with Crippen LogP contribution in [0.4, 0.5) is 17.6 Å². The van der Waals surface area contributed by atoms with Crippen molar-refractivity contribution in [3.63, 3.8) is 0 Å². The smallest absolute Gasteiger partial charge is 0.231 e. The first-order valence-electron chi connectivity index (χ1n) is 8.76. The third kappa shape index (κ3) is 4.00. The van der Waals surface area contributed by atoms with E-state index < -0.39 is 0 Å². The Hall–Kier alpha value is -2.93. The summed E-state index contributed by atoms with van der Waals surface area (Å²) in [5.41, 5.74) is 1.85. The Balaban J connectivity index is 1.60. The summed E-state index contributed by atoms with van der Waals surface area (Å²) in [5.74, 6) is 2.52. The van der Waals surface area contributed by atoms with Crippen LogP contribution in [-0.4, -0.2) is 34.4 Å². The zero-order valence-corrected chi connectivity index (χ0v) is 14.6. The molecule has 3 heterocycles. The highest BCUT2D eigenvalue weighted by atomic mass is 16.5. The van der Waals surface area contributed by atoms with Crippen LogP contribution < -0.4 is 10.6 Å². The van der Waals surface area contributed by atoms with Gasteiger partial charge in [-0.15, -0.1) is 0 Å². The van der Waals surface area contributed by atoms with Crippen LogP contribution in [0.5, 0.6) is 0 Å². The number of benzene rings is 1. The molecule has 0 spiro atoms. The lowest BCUT2D eigenvalue weighted by Gasteiger charge is -2.13. The fourth-order valence-electron chi connectivity index (χ4n) is 2.91. The van der Waals surface area contributed by atoms with Crippen LogP contribution in [0.2, 0.25) is 0 Å². The minimum atomic E-state index is 0.236. The molecule has 1 atom stereocenters. The summed E-state index contributed by atoms with van der Waals surface area (Å²) >= 11 is 0. The van der Waals surface area contributed by atoms with E-state index in [2.05, 4.69) is 25.8 Å². The normalized spacial score (nSPS) is 16.6. The summed E-state index contributed by atoms with van der Waals surface area (Å²) in [6.07, 6.45) is 2.43. The second kappa shape index (κ2) is 7.53. The van der Waals surface area contributed by atoms with Crippen molar-refractivity contribution < 1.29 is 9.26 Å². The van der Waals surface area contributed by atoms with Crippen LogP contribution in [0.1, 0.15) is 18.6 Å². The van der Waals surface area contributed by atoms with E-state index in [-0.39, 0.29) is 6.10 Å². The number of aromatic nitrogens is 3. The summed E-state index contributed by atoms with van der Waals surface area (Å²) in [7, 11) is 0. The maximum Gasteiger partial charge on any atom is 0.231 e. The Kier molecular flexibility index (Phi) is 4.79. The third-order valence-electron chi connectivity index (χ3n) is 4.20. The molecule has 0 radical (unpaired) electrons. The van der Waals surface area contributed by atoms with Crippen molar-refractivity contribution in [2.24, 2.45) is 0 Å². The van der Waals surface area contributed by atoms with Gasteiger partial charge < -0.3 is 19.9 Å². The lowest BCUT2D eigenvalue weighted by molar-refractivity contribution is 0.120. The molecule has 134 valence electrons. The van der Waals surface area contributed by atoms with Crippen molar-refractivity contribution in [3.8, 4) is 11.3 Å². The Labute approximate surface area is 151 Å². The van der Waals surface area contributed by atoms with Crippen molar-refractivity contribution in [2.75, 3.05) is 23.8 Å². The van der Waals surface area contributed by atoms with E-state index in [1.165, 1.54) is 0 Å². The minimum absolute atomic E-state index is 0.236. The minimum Gasteiger partial charge on any atom is -0.376 e. The second-order valence-corrected chi connectivity index (χ2v) is 6.29. The fraction of sp³-hybridized carbons (Fsp3) is 0.316. The Morgan fingerprint density at radius 2 is 2.00 bits per heavy atom. The number of aryl methyl sites for hydroxylation is 1. The van der Waals surface area contributed by atoms with Crippen molar-refractivity contribution in [2.45, 2.75) is 25.9 Å². The predicted octanol–water partition coefficient (Wildman–Crippen LogP) is 3.77. The molecule has 1 aliphatic rings. The van der Waals surface area contributed by atoms with Gasteiger partial charge >= 0.3 is 0 Å². The Bertz CT molecular complexity index is 859. The van der Waals surface area contributed by atoms with Crippen molar-refractivity contribution in [1.82, 2.24) is 15.1 Å². The zero-order valence-electron chi connectivity index (χ0n) is 14.6. The van der Waals surface area contributed by atoms with Gasteiger partial charge in [0.05, 0.1) is 11.8 Å². The number of anilines is 3. The first-order valence-corrected chi connectivity index (χ1v) is 8.76. The molecule has 7 nitrogen and oxygen atoms in total. The number of hydrogen-bond acceptors (Lipinski definition) is 7. The van der Waals surface area contributed by atoms with E-state index in [1.807, 2.05) is 43.3 Å². The number of nitrogens with one attached hydrogen (secondary N) is 2. The number of nitrogens with zero attached hydrogens (tertiary/aromatic N) is 3. The molecule has 1 aromatic carbocycles. The fourth-order valence-corrected chi connectivity index (χ4v) is 2.91. The van der Waals surface area contributed by atoms with Crippen LogP contribution in [0.3, 0.4) is 0 Å². The largest absolute Gasteiger partial charge is 0.376 e. The van der Waals surface area contributed by atoms with Crippen LogP contribution in [0, 0.1) is 6.92 Å². The van der Waals surface area contributed by atoms with Gasteiger partial charge in [-0.05, 0) is 19.8 Å². The standard InChI is InChI=1S/C19H21N5O2/c1-13-10-18(24-26-13)23-19-21-16(14-6-3-2-4-7-14)11-17(22-19)20-12-15-8-5-9-25-15/h2-4,6-7,10-11,15H,5,8-9,12H2,1H3,(H2,20,21,22,23,24). The summed E-state index contributed by atoms with van der Waals surface area (Å²) in [4.78, 5) is 9.17. The summed E-state index contributed by atoms with van der Waals surface area (Å²) in [6.45, 7) is 3.41. The van der Waals surface area contributed by atoms with Gasteiger partial charge in [0, 0.05) is 30.8 Å². The topological polar surface area (TPSA) is 85.1 Å². The predicted molar refractivity (Wildman–Crippen MR) is 99.5 cm³/mol. The van der Waals surface area contributed by atoms with Gasteiger partial charge in [0.15, 0.2) is 5.82 Å². The molecule has 1 aliphatic heterocycles. The molecule has 26 heavy (non-hydrogen) atoms. The van der Waals surface area contributed by atoms with Crippen LogP contribution in [0.15, 0.2) is 47.0 Å². The number of hydrogen-bond donors (Lipinski definition) is 2. The molecule has 1 saturated heterocycles. The van der Waals surface area contributed by atoms with Gasteiger partial charge in [-0.1, -0.05) is 35.5 Å². The number of rotatable bonds is 6. The summed E-state index contributed by atoms with van der Waals surface area (Å²) < 4.78 is 10.8. The van der Waals surface area contributed by atoms with Crippen molar-refractivity contribution in [3.05, 3.63) is 48.2 Å². The second-order valence-electron chi connectivity index (χ2n) is 6.29. The van der Waals surface area contributed by atoms with E-state index in [0.29, 0.717) is 11.8 Å². The zero-order chi connectivity index (χ0) is 17.8. The molecule has 2 aromatic heterocycles.